The summed E-state index contributed by atoms with van der Waals surface area (Å²) < 4.78 is 1.11. The van der Waals surface area contributed by atoms with Crippen molar-refractivity contribution in [3.63, 3.8) is 0 Å². The van der Waals surface area contributed by atoms with E-state index in [9.17, 15) is 0 Å². The molecule has 94 valence electrons. The molecule has 0 spiro atoms. The summed E-state index contributed by atoms with van der Waals surface area (Å²) in [6.45, 7) is 2.09. The van der Waals surface area contributed by atoms with Gasteiger partial charge >= 0.3 is 0 Å². The zero-order valence-corrected chi connectivity index (χ0v) is 12.7. The monoisotopic (exact) mass is 321 g/mol. The maximum atomic E-state index is 6.22. The summed E-state index contributed by atoms with van der Waals surface area (Å²) in [6.07, 6.45) is 0. The minimum absolute atomic E-state index is 0.0777. The lowest BCUT2D eigenvalue weighted by molar-refractivity contribution is 0.830. The maximum Gasteiger partial charge on any atom is 0.0390 e. The summed E-state index contributed by atoms with van der Waals surface area (Å²) in [5, 5.41) is 0. The lowest BCUT2D eigenvalue weighted by atomic mass is 10.1. The summed E-state index contributed by atoms with van der Waals surface area (Å²) in [5.74, 6) is 0.889. The molecule has 1 atom stereocenters. The first-order chi connectivity index (χ1) is 8.65. The predicted molar refractivity (Wildman–Crippen MR) is 83.0 cm³/mol. The van der Waals surface area contributed by atoms with Gasteiger partial charge in [0, 0.05) is 21.2 Å². The SMILES string of the molecule is Cc1cccc(C(N)CSc2cccc(Br)c2)c1. The van der Waals surface area contributed by atoms with Gasteiger partial charge in [-0.25, -0.2) is 0 Å². The van der Waals surface area contributed by atoms with E-state index in [1.54, 1.807) is 11.8 Å². The summed E-state index contributed by atoms with van der Waals surface area (Å²) in [5.41, 5.74) is 8.68. The number of rotatable bonds is 4. The third-order valence-corrected chi connectivity index (χ3v) is 4.30. The van der Waals surface area contributed by atoms with E-state index in [-0.39, 0.29) is 6.04 Å². The van der Waals surface area contributed by atoms with Gasteiger partial charge in [0.1, 0.15) is 0 Å². The van der Waals surface area contributed by atoms with Crippen molar-refractivity contribution in [2.45, 2.75) is 17.9 Å². The third-order valence-electron chi connectivity index (χ3n) is 2.70. The lowest BCUT2D eigenvalue weighted by Crippen LogP contribution is -2.12. The fourth-order valence-electron chi connectivity index (χ4n) is 1.74. The summed E-state index contributed by atoms with van der Waals surface area (Å²) in [7, 11) is 0. The highest BCUT2D eigenvalue weighted by atomic mass is 79.9. The highest BCUT2D eigenvalue weighted by Crippen LogP contribution is 2.25. The molecule has 1 unspecified atom stereocenters. The lowest BCUT2D eigenvalue weighted by Gasteiger charge is -2.12. The first kappa shape index (κ1) is 13.7. The van der Waals surface area contributed by atoms with Crippen LogP contribution in [-0.4, -0.2) is 5.75 Å². The molecule has 0 bridgehead atoms. The van der Waals surface area contributed by atoms with Crippen molar-refractivity contribution in [2.75, 3.05) is 5.75 Å². The second kappa shape index (κ2) is 6.41. The molecule has 2 N–H and O–H groups in total. The molecule has 0 fully saturated rings. The Morgan fingerprint density at radius 2 is 1.94 bits per heavy atom. The molecule has 2 aromatic rings. The van der Waals surface area contributed by atoms with E-state index in [0.717, 1.165) is 10.2 Å². The van der Waals surface area contributed by atoms with E-state index in [1.807, 2.05) is 12.1 Å². The Labute approximate surface area is 121 Å². The maximum absolute atomic E-state index is 6.22. The highest BCUT2D eigenvalue weighted by molar-refractivity contribution is 9.10. The van der Waals surface area contributed by atoms with Crippen LogP contribution in [0.2, 0.25) is 0 Å². The smallest absolute Gasteiger partial charge is 0.0390 e. The Kier molecular flexibility index (Phi) is 4.87. The van der Waals surface area contributed by atoms with Crippen molar-refractivity contribution in [3.8, 4) is 0 Å². The van der Waals surface area contributed by atoms with Gasteiger partial charge in [-0.2, -0.15) is 0 Å². The van der Waals surface area contributed by atoms with Gasteiger partial charge in [0.05, 0.1) is 0 Å². The van der Waals surface area contributed by atoms with Crippen molar-refractivity contribution >= 4 is 27.7 Å². The van der Waals surface area contributed by atoms with Gasteiger partial charge in [0.2, 0.25) is 0 Å². The van der Waals surface area contributed by atoms with Crippen LogP contribution in [0.15, 0.2) is 57.9 Å². The van der Waals surface area contributed by atoms with Crippen molar-refractivity contribution in [1.82, 2.24) is 0 Å². The van der Waals surface area contributed by atoms with Crippen molar-refractivity contribution in [1.29, 1.82) is 0 Å². The molecule has 0 amide bonds. The minimum atomic E-state index is 0.0777. The van der Waals surface area contributed by atoms with Gasteiger partial charge in [0.15, 0.2) is 0 Å². The van der Waals surface area contributed by atoms with Gasteiger partial charge < -0.3 is 5.73 Å². The van der Waals surface area contributed by atoms with Crippen molar-refractivity contribution in [2.24, 2.45) is 5.73 Å². The molecule has 0 saturated carbocycles. The van der Waals surface area contributed by atoms with E-state index >= 15 is 0 Å². The second-order valence-electron chi connectivity index (χ2n) is 4.29. The van der Waals surface area contributed by atoms with E-state index in [0.29, 0.717) is 0 Å². The van der Waals surface area contributed by atoms with Crippen LogP contribution in [0.5, 0.6) is 0 Å². The molecular formula is C15H16BrNS. The molecule has 0 aliphatic carbocycles. The van der Waals surface area contributed by atoms with E-state index in [4.69, 9.17) is 5.73 Å². The molecule has 3 heteroatoms. The fraction of sp³-hybridized carbons (Fsp3) is 0.200. The predicted octanol–water partition coefficient (Wildman–Crippen LogP) is 4.55. The number of hydrogen-bond donors (Lipinski definition) is 1. The highest BCUT2D eigenvalue weighted by Gasteiger charge is 2.06. The van der Waals surface area contributed by atoms with Gasteiger partial charge in [-0.05, 0) is 30.7 Å². The Hall–Kier alpha value is -0.770. The van der Waals surface area contributed by atoms with Gasteiger partial charge in [-0.3, -0.25) is 0 Å². The van der Waals surface area contributed by atoms with Gasteiger partial charge in [-0.1, -0.05) is 51.8 Å². The zero-order valence-electron chi connectivity index (χ0n) is 10.3. The second-order valence-corrected chi connectivity index (χ2v) is 6.30. The standard InChI is InChI=1S/C15H16BrNS/c1-11-4-2-5-12(8-11)15(17)10-18-14-7-3-6-13(16)9-14/h2-9,15H,10,17H2,1H3. The number of thioether (sulfide) groups is 1. The van der Waals surface area contributed by atoms with Crippen molar-refractivity contribution < 1.29 is 0 Å². The van der Waals surface area contributed by atoms with Crippen LogP contribution in [0.1, 0.15) is 17.2 Å². The molecule has 0 radical (unpaired) electrons. The van der Waals surface area contributed by atoms with Crippen LogP contribution in [0.25, 0.3) is 0 Å². The number of hydrogen-bond acceptors (Lipinski definition) is 2. The Morgan fingerprint density at radius 1 is 1.17 bits per heavy atom. The fourth-order valence-corrected chi connectivity index (χ4v) is 3.24. The molecular weight excluding hydrogens is 306 g/mol. The molecule has 18 heavy (non-hydrogen) atoms. The quantitative estimate of drug-likeness (QED) is 0.836. The minimum Gasteiger partial charge on any atom is -0.323 e. The van der Waals surface area contributed by atoms with Crippen LogP contribution in [-0.2, 0) is 0 Å². The Bertz CT molecular complexity index is 527. The van der Waals surface area contributed by atoms with Gasteiger partial charge in [-0.15, -0.1) is 11.8 Å². The van der Waals surface area contributed by atoms with Crippen LogP contribution < -0.4 is 5.73 Å². The average Bonchev–Trinajstić information content (AvgIpc) is 2.36. The van der Waals surface area contributed by atoms with Crippen LogP contribution >= 0.6 is 27.7 Å². The summed E-state index contributed by atoms with van der Waals surface area (Å²) in [6, 6.07) is 16.8. The molecule has 2 aromatic carbocycles. The molecule has 0 aliphatic heterocycles. The molecule has 0 aromatic heterocycles. The van der Waals surface area contributed by atoms with Crippen LogP contribution in [0.4, 0.5) is 0 Å². The summed E-state index contributed by atoms with van der Waals surface area (Å²) >= 11 is 5.27. The molecule has 1 nitrogen and oxygen atoms in total. The number of nitrogens with two attached hydrogens (primary N) is 1. The molecule has 0 aliphatic rings. The summed E-state index contributed by atoms with van der Waals surface area (Å²) in [4.78, 5) is 1.24. The number of halogens is 1. The van der Waals surface area contributed by atoms with E-state index in [2.05, 4.69) is 59.3 Å². The van der Waals surface area contributed by atoms with Crippen LogP contribution in [0, 0.1) is 6.92 Å². The third kappa shape index (κ3) is 3.87. The largest absolute Gasteiger partial charge is 0.323 e. The number of aryl methyl sites for hydroxylation is 1. The van der Waals surface area contributed by atoms with E-state index < -0.39 is 0 Å². The first-order valence-electron chi connectivity index (χ1n) is 5.85. The first-order valence-corrected chi connectivity index (χ1v) is 7.63. The zero-order chi connectivity index (χ0) is 13.0. The Morgan fingerprint density at radius 3 is 2.67 bits per heavy atom. The molecule has 0 heterocycles. The average molecular weight is 322 g/mol. The van der Waals surface area contributed by atoms with Gasteiger partial charge in [0.25, 0.3) is 0 Å². The van der Waals surface area contributed by atoms with Crippen LogP contribution in [0.3, 0.4) is 0 Å². The Balaban J connectivity index is 1.98. The number of benzene rings is 2. The topological polar surface area (TPSA) is 26.0 Å². The molecule has 0 saturated heterocycles. The van der Waals surface area contributed by atoms with Crippen molar-refractivity contribution in [3.05, 3.63) is 64.1 Å². The molecule has 2 rings (SSSR count). The van der Waals surface area contributed by atoms with E-state index in [1.165, 1.54) is 16.0 Å². The normalized spacial score (nSPS) is 12.4.